The molecule has 0 aliphatic heterocycles. The first-order valence-electron chi connectivity index (χ1n) is 6.68. The Morgan fingerprint density at radius 2 is 2.00 bits per heavy atom. The molecule has 0 aromatic heterocycles. The number of unbranched alkanes of at least 4 members (excludes halogenated alkanes) is 2. The second-order valence-corrected chi connectivity index (χ2v) is 5.02. The lowest BCUT2D eigenvalue weighted by atomic mass is 9.92. The molecule has 0 unspecified atom stereocenters. The van der Waals surface area contributed by atoms with Gasteiger partial charge in [0.1, 0.15) is 0 Å². The van der Waals surface area contributed by atoms with Crippen LogP contribution in [0.4, 0.5) is 0 Å². The Labute approximate surface area is 94.5 Å². The van der Waals surface area contributed by atoms with Crippen LogP contribution in [0.1, 0.15) is 65.2 Å². The van der Waals surface area contributed by atoms with Crippen molar-refractivity contribution in [1.29, 1.82) is 0 Å². The van der Waals surface area contributed by atoms with Gasteiger partial charge in [0.15, 0.2) is 0 Å². The third-order valence-corrected chi connectivity index (χ3v) is 3.47. The second kappa shape index (κ2) is 7.24. The van der Waals surface area contributed by atoms with E-state index in [0.717, 1.165) is 12.8 Å². The van der Waals surface area contributed by atoms with Crippen molar-refractivity contribution in [3.05, 3.63) is 0 Å². The molecule has 0 aromatic carbocycles. The molecule has 1 aliphatic carbocycles. The molecular weight excluding hydrogens is 186 g/mol. The van der Waals surface area contributed by atoms with Crippen LogP contribution >= 0.6 is 0 Å². The smallest absolute Gasteiger partial charge is 0.0693 e. The highest BCUT2D eigenvalue weighted by atomic mass is 16.3. The van der Waals surface area contributed by atoms with Gasteiger partial charge in [0.25, 0.3) is 0 Å². The van der Waals surface area contributed by atoms with Gasteiger partial charge in [0, 0.05) is 12.1 Å². The molecule has 0 aromatic rings. The van der Waals surface area contributed by atoms with Gasteiger partial charge in [-0.25, -0.2) is 0 Å². The van der Waals surface area contributed by atoms with Gasteiger partial charge in [-0.3, -0.25) is 0 Å². The molecule has 0 heterocycles. The summed E-state index contributed by atoms with van der Waals surface area (Å²) in [6.07, 6.45) is 9.69. The van der Waals surface area contributed by atoms with E-state index in [1.807, 2.05) is 0 Å². The van der Waals surface area contributed by atoms with Crippen LogP contribution in [0.15, 0.2) is 0 Å². The SMILES string of the molecule is CCCCC[C@H](C)N[C@H]1CCCC[C@H]1O. The van der Waals surface area contributed by atoms with Gasteiger partial charge in [0.2, 0.25) is 0 Å². The third kappa shape index (κ3) is 4.98. The molecule has 0 amide bonds. The highest BCUT2D eigenvalue weighted by Gasteiger charge is 2.23. The van der Waals surface area contributed by atoms with Gasteiger partial charge < -0.3 is 10.4 Å². The number of rotatable bonds is 6. The van der Waals surface area contributed by atoms with Crippen molar-refractivity contribution in [2.24, 2.45) is 0 Å². The average Bonchev–Trinajstić information content (AvgIpc) is 2.22. The molecule has 1 rings (SSSR count). The van der Waals surface area contributed by atoms with Crippen LogP contribution in [0, 0.1) is 0 Å². The zero-order valence-electron chi connectivity index (χ0n) is 10.3. The molecule has 90 valence electrons. The van der Waals surface area contributed by atoms with Crippen LogP contribution in [0.5, 0.6) is 0 Å². The molecule has 0 radical (unpaired) electrons. The van der Waals surface area contributed by atoms with Crippen LogP contribution < -0.4 is 5.32 Å². The molecular formula is C13H27NO. The highest BCUT2D eigenvalue weighted by Crippen LogP contribution is 2.19. The largest absolute Gasteiger partial charge is 0.392 e. The van der Waals surface area contributed by atoms with Gasteiger partial charge in [-0.15, -0.1) is 0 Å². The lowest BCUT2D eigenvalue weighted by Gasteiger charge is -2.31. The van der Waals surface area contributed by atoms with Gasteiger partial charge >= 0.3 is 0 Å². The maximum absolute atomic E-state index is 9.83. The summed E-state index contributed by atoms with van der Waals surface area (Å²) in [6.45, 7) is 4.49. The van der Waals surface area contributed by atoms with E-state index in [1.54, 1.807) is 0 Å². The molecule has 2 N–H and O–H groups in total. The van der Waals surface area contributed by atoms with Crippen LogP contribution in [-0.4, -0.2) is 23.3 Å². The Morgan fingerprint density at radius 1 is 1.27 bits per heavy atom. The monoisotopic (exact) mass is 213 g/mol. The van der Waals surface area contributed by atoms with Gasteiger partial charge in [-0.05, 0) is 26.2 Å². The summed E-state index contributed by atoms with van der Waals surface area (Å²) in [5.74, 6) is 0. The van der Waals surface area contributed by atoms with Crippen molar-refractivity contribution in [3.63, 3.8) is 0 Å². The first-order valence-corrected chi connectivity index (χ1v) is 6.68. The number of hydrogen-bond donors (Lipinski definition) is 2. The van der Waals surface area contributed by atoms with E-state index in [-0.39, 0.29) is 6.10 Å². The van der Waals surface area contributed by atoms with E-state index in [1.165, 1.54) is 38.5 Å². The van der Waals surface area contributed by atoms with Gasteiger partial charge in [-0.2, -0.15) is 0 Å². The van der Waals surface area contributed by atoms with Gasteiger partial charge in [0.05, 0.1) is 6.10 Å². The van der Waals surface area contributed by atoms with Crippen molar-refractivity contribution in [2.75, 3.05) is 0 Å². The van der Waals surface area contributed by atoms with Crippen molar-refractivity contribution >= 4 is 0 Å². The maximum Gasteiger partial charge on any atom is 0.0693 e. The van der Waals surface area contributed by atoms with Crippen molar-refractivity contribution in [1.82, 2.24) is 5.32 Å². The molecule has 0 saturated heterocycles. The lowest BCUT2D eigenvalue weighted by Crippen LogP contribution is -2.46. The summed E-state index contributed by atoms with van der Waals surface area (Å²) in [6, 6.07) is 0.921. The second-order valence-electron chi connectivity index (χ2n) is 5.02. The van der Waals surface area contributed by atoms with Crippen LogP contribution in [0.2, 0.25) is 0 Å². The fraction of sp³-hybridized carbons (Fsp3) is 1.00. The number of aliphatic hydroxyl groups excluding tert-OH is 1. The number of nitrogens with one attached hydrogen (secondary N) is 1. The Morgan fingerprint density at radius 3 is 2.67 bits per heavy atom. The number of aliphatic hydroxyl groups is 1. The van der Waals surface area contributed by atoms with Crippen LogP contribution in [0.25, 0.3) is 0 Å². The maximum atomic E-state index is 9.83. The molecule has 1 fully saturated rings. The minimum atomic E-state index is -0.104. The van der Waals surface area contributed by atoms with E-state index in [0.29, 0.717) is 12.1 Å². The topological polar surface area (TPSA) is 32.3 Å². The zero-order chi connectivity index (χ0) is 11.1. The molecule has 2 heteroatoms. The molecule has 2 nitrogen and oxygen atoms in total. The van der Waals surface area contributed by atoms with E-state index in [2.05, 4.69) is 19.2 Å². The first kappa shape index (κ1) is 13.0. The van der Waals surface area contributed by atoms with Crippen molar-refractivity contribution in [2.45, 2.75) is 83.4 Å². The Bertz CT molecular complexity index is 161. The molecule has 15 heavy (non-hydrogen) atoms. The third-order valence-electron chi connectivity index (χ3n) is 3.47. The van der Waals surface area contributed by atoms with Gasteiger partial charge in [-0.1, -0.05) is 39.0 Å². The molecule has 3 atom stereocenters. The average molecular weight is 213 g/mol. The lowest BCUT2D eigenvalue weighted by molar-refractivity contribution is 0.0852. The summed E-state index contributed by atoms with van der Waals surface area (Å²) in [7, 11) is 0. The Balaban J connectivity index is 2.15. The Hall–Kier alpha value is -0.0800. The zero-order valence-corrected chi connectivity index (χ0v) is 10.3. The predicted molar refractivity (Wildman–Crippen MR) is 65.0 cm³/mol. The first-order chi connectivity index (χ1) is 7.24. The van der Waals surface area contributed by atoms with Crippen LogP contribution in [-0.2, 0) is 0 Å². The molecule has 0 bridgehead atoms. The molecule has 1 saturated carbocycles. The minimum Gasteiger partial charge on any atom is -0.392 e. The quantitative estimate of drug-likeness (QED) is 0.665. The van der Waals surface area contributed by atoms with Crippen molar-refractivity contribution < 1.29 is 5.11 Å². The molecule has 0 spiro atoms. The minimum absolute atomic E-state index is 0.104. The summed E-state index contributed by atoms with van der Waals surface area (Å²) in [4.78, 5) is 0. The summed E-state index contributed by atoms with van der Waals surface area (Å²) < 4.78 is 0. The van der Waals surface area contributed by atoms with E-state index >= 15 is 0 Å². The highest BCUT2D eigenvalue weighted by molar-refractivity contribution is 4.82. The van der Waals surface area contributed by atoms with Crippen molar-refractivity contribution in [3.8, 4) is 0 Å². The summed E-state index contributed by atoms with van der Waals surface area (Å²) in [5.41, 5.74) is 0. The molecule has 1 aliphatic rings. The fourth-order valence-corrected chi connectivity index (χ4v) is 2.46. The predicted octanol–water partition coefficient (Wildman–Crippen LogP) is 2.85. The summed E-state index contributed by atoms with van der Waals surface area (Å²) >= 11 is 0. The van der Waals surface area contributed by atoms with E-state index < -0.39 is 0 Å². The Kier molecular flexibility index (Phi) is 6.26. The normalized spacial score (nSPS) is 29.0. The number of hydrogen-bond acceptors (Lipinski definition) is 2. The van der Waals surface area contributed by atoms with E-state index in [9.17, 15) is 5.11 Å². The fourth-order valence-electron chi connectivity index (χ4n) is 2.46. The standard InChI is InChI=1S/C13H27NO/c1-3-4-5-8-11(2)14-12-9-6-7-10-13(12)15/h11-15H,3-10H2,1-2H3/t11-,12-,13+/m0/s1. The van der Waals surface area contributed by atoms with Crippen LogP contribution in [0.3, 0.4) is 0 Å². The van der Waals surface area contributed by atoms with E-state index in [4.69, 9.17) is 0 Å². The summed E-state index contributed by atoms with van der Waals surface area (Å²) in [5, 5.41) is 13.4.